The fourth-order valence-electron chi connectivity index (χ4n) is 1.24. The summed E-state index contributed by atoms with van der Waals surface area (Å²) >= 11 is 0. The molecule has 0 aliphatic heterocycles. The van der Waals surface area contributed by atoms with Crippen molar-refractivity contribution in [2.24, 2.45) is 0 Å². The van der Waals surface area contributed by atoms with Crippen molar-refractivity contribution in [3.05, 3.63) is 36.0 Å². The normalized spacial score (nSPS) is 10.1. The smallest absolute Gasteiger partial charge is 0.213 e. The van der Waals surface area contributed by atoms with Crippen LogP contribution >= 0.6 is 0 Å². The van der Waals surface area contributed by atoms with Gasteiger partial charge >= 0.3 is 0 Å². The van der Waals surface area contributed by atoms with Gasteiger partial charge in [-0.05, 0) is 25.1 Å². The SMILES string of the molecule is C=C(C)CCOc1cc(CNCC)ccn1. The molecule has 16 heavy (non-hydrogen) atoms. The average Bonchev–Trinajstić information content (AvgIpc) is 2.26. The Morgan fingerprint density at radius 1 is 1.56 bits per heavy atom. The first-order valence-electron chi connectivity index (χ1n) is 5.65. The molecule has 1 aromatic heterocycles. The molecule has 0 aromatic carbocycles. The minimum Gasteiger partial charge on any atom is -0.477 e. The topological polar surface area (TPSA) is 34.1 Å². The maximum atomic E-state index is 5.54. The highest BCUT2D eigenvalue weighted by Gasteiger charge is 1.98. The molecule has 0 saturated carbocycles. The second-order valence-electron chi connectivity index (χ2n) is 3.84. The van der Waals surface area contributed by atoms with E-state index in [1.807, 2.05) is 19.1 Å². The van der Waals surface area contributed by atoms with E-state index in [-0.39, 0.29) is 0 Å². The molecule has 0 spiro atoms. The Labute approximate surface area is 97.5 Å². The van der Waals surface area contributed by atoms with Crippen molar-refractivity contribution >= 4 is 0 Å². The first-order chi connectivity index (χ1) is 7.72. The zero-order valence-electron chi connectivity index (χ0n) is 10.1. The van der Waals surface area contributed by atoms with E-state index >= 15 is 0 Å². The largest absolute Gasteiger partial charge is 0.477 e. The van der Waals surface area contributed by atoms with Crippen LogP contribution in [0, 0.1) is 0 Å². The van der Waals surface area contributed by atoms with E-state index in [0.717, 1.165) is 25.1 Å². The van der Waals surface area contributed by atoms with Crippen molar-refractivity contribution in [1.29, 1.82) is 0 Å². The van der Waals surface area contributed by atoms with Gasteiger partial charge in [0.15, 0.2) is 0 Å². The summed E-state index contributed by atoms with van der Waals surface area (Å²) in [6.45, 7) is 10.4. The Hall–Kier alpha value is -1.35. The van der Waals surface area contributed by atoms with Gasteiger partial charge in [-0.25, -0.2) is 4.98 Å². The number of rotatable bonds is 7. The molecule has 1 heterocycles. The van der Waals surface area contributed by atoms with Crippen LogP contribution in [-0.4, -0.2) is 18.1 Å². The number of aromatic nitrogens is 1. The zero-order valence-corrected chi connectivity index (χ0v) is 10.1. The van der Waals surface area contributed by atoms with E-state index in [1.165, 1.54) is 5.56 Å². The average molecular weight is 220 g/mol. The number of pyridine rings is 1. The number of hydrogen-bond acceptors (Lipinski definition) is 3. The molecule has 3 nitrogen and oxygen atoms in total. The molecule has 0 fully saturated rings. The van der Waals surface area contributed by atoms with Crippen LogP contribution < -0.4 is 10.1 Å². The van der Waals surface area contributed by atoms with Gasteiger partial charge in [-0.1, -0.05) is 12.5 Å². The third-order valence-corrected chi connectivity index (χ3v) is 2.16. The minimum absolute atomic E-state index is 0.646. The lowest BCUT2D eigenvalue weighted by atomic mass is 10.2. The molecule has 0 amide bonds. The number of nitrogens with one attached hydrogen (secondary N) is 1. The van der Waals surface area contributed by atoms with Crippen LogP contribution in [-0.2, 0) is 6.54 Å². The second-order valence-corrected chi connectivity index (χ2v) is 3.84. The minimum atomic E-state index is 0.646. The van der Waals surface area contributed by atoms with Crippen LogP contribution in [0.3, 0.4) is 0 Å². The molecule has 0 aliphatic rings. The summed E-state index contributed by atoms with van der Waals surface area (Å²) in [7, 11) is 0. The summed E-state index contributed by atoms with van der Waals surface area (Å²) in [6, 6.07) is 3.97. The molecule has 88 valence electrons. The van der Waals surface area contributed by atoms with E-state index in [2.05, 4.69) is 23.8 Å². The van der Waals surface area contributed by atoms with E-state index in [0.29, 0.717) is 12.5 Å². The van der Waals surface area contributed by atoms with Crippen molar-refractivity contribution in [2.75, 3.05) is 13.2 Å². The molecule has 0 atom stereocenters. The van der Waals surface area contributed by atoms with Gasteiger partial charge in [0.05, 0.1) is 6.61 Å². The highest BCUT2D eigenvalue weighted by atomic mass is 16.5. The Kier molecular flexibility index (Phi) is 5.57. The standard InChI is InChI=1S/C13H20N2O/c1-4-14-10-12-5-7-15-13(9-12)16-8-6-11(2)3/h5,7,9,14H,2,4,6,8,10H2,1,3H3. The van der Waals surface area contributed by atoms with Gasteiger partial charge in [-0.15, -0.1) is 6.58 Å². The molecule has 0 saturated heterocycles. The molecule has 1 aromatic rings. The van der Waals surface area contributed by atoms with Crippen LogP contribution in [0.4, 0.5) is 0 Å². The first kappa shape index (κ1) is 12.7. The predicted molar refractivity (Wildman–Crippen MR) is 66.5 cm³/mol. The molecule has 1 N–H and O–H groups in total. The maximum Gasteiger partial charge on any atom is 0.213 e. The molecule has 3 heteroatoms. The maximum absolute atomic E-state index is 5.54. The number of ether oxygens (including phenoxy) is 1. The molecule has 0 unspecified atom stereocenters. The molecule has 0 radical (unpaired) electrons. The highest BCUT2D eigenvalue weighted by molar-refractivity contribution is 5.20. The van der Waals surface area contributed by atoms with Crippen molar-refractivity contribution in [3.8, 4) is 5.88 Å². The first-order valence-corrected chi connectivity index (χ1v) is 5.65. The lowest BCUT2D eigenvalue weighted by Crippen LogP contribution is -2.12. The van der Waals surface area contributed by atoms with Crippen molar-refractivity contribution < 1.29 is 4.74 Å². The number of hydrogen-bond donors (Lipinski definition) is 1. The van der Waals surface area contributed by atoms with Crippen LogP contribution in [0.2, 0.25) is 0 Å². The fourth-order valence-corrected chi connectivity index (χ4v) is 1.24. The summed E-state index contributed by atoms with van der Waals surface area (Å²) < 4.78 is 5.54. The summed E-state index contributed by atoms with van der Waals surface area (Å²) in [5, 5.41) is 3.27. The van der Waals surface area contributed by atoms with Gasteiger partial charge in [-0.3, -0.25) is 0 Å². The monoisotopic (exact) mass is 220 g/mol. The molecule has 1 rings (SSSR count). The molecule has 0 aliphatic carbocycles. The van der Waals surface area contributed by atoms with Gasteiger partial charge < -0.3 is 10.1 Å². The second kappa shape index (κ2) is 7.01. The molecular formula is C13H20N2O. The Morgan fingerprint density at radius 3 is 3.06 bits per heavy atom. The number of nitrogens with zero attached hydrogens (tertiary/aromatic N) is 1. The van der Waals surface area contributed by atoms with Gasteiger partial charge in [-0.2, -0.15) is 0 Å². The lowest BCUT2D eigenvalue weighted by Gasteiger charge is -2.07. The zero-order chi connectivity index (χ0) is 11.8. The predicted octanol–water partition coefficient (Wildman–Crippen LogP) is 2.54. The van der Waals surface area contributed by atoms with Crippen LogP contribution in [0.25, 0.3) is 0 Å². The summed E-state index contributed by atoms with van der Waals surface area (Å²) in [6.07, 6.45) is 2.65. The Bertz CT molecular complexity index is 336. The van der Waals surface area contributed by atoms with Crippen molar-refractivity contribution in [2.45, 2.75) is 26.8 Å². The molecule has 0 bridgehead atoms. The van der Waals surface area contributed by atoms with Gasteiger partial charge in [0.25, 0.3) is 0 Å². The van der Waals surface area contributed by atoms with Gasteiger partial charge in [0.1, 0.15) is 0 Å². The summed E-state index contributed by atoms with van der Waals surface area (Å²) in [5.74, 6) is 0.691. The quantitative estimate of drug-likeness (QED) is 0.717. The highest BCUT2D eigenvalue weighted by Crippen LogP contribution is 2.10. The van der Waals surface area contributed by atoms with Crippen molar-refractivity contribution in [3.63, 3.8) is 0 Å². The van der Waals surface area contributed by atoms with Gasteiger partial charge in [0, 0.05) is 25.2 Å². The summed E-state index contributed by atoms with van der Waals surface area (Å²) in [4.78, 5) is 4.16. The Balaban J connectivity index is 2.43. The van der Waals surface area contributed by atoms with E-state index in [9.17, 15) is 0 Å². The van der Waals surface area contributed by atoms with Gasteiger partial charge in [0.2, 0.25) is 5.88 Å². The van der Waals surface area contributed by atoms with E-state index in [1.54, 1.807) is 6.20 Å². The third kappa shape index (κ3) is 4.94. The fraction of sp³-hybridized carbons (Fsp3) is 0.462. The van der Waals surface area contributed by atoms with Crippen LogP contribution in [0.5, 0.6) is 5.88 Å². The lowest BCUT2D eigenvalue weighted by molar-refractivity contribution is 0.309. The van der Waals surface area contributed by atoms with Crippen LogP contribution in [0.1, 0.15) is 25.8 Å². The summed E-state index contributed by atoms with van der Waals surface area (Å²) in [5.41, 5.74) is 2.32. The van der Waals surface area contributed by atoms with E-state index in [4.69, 9.17) is 4.74 Å². The van der Waals surface area contributed by atoms with Crippen LogP contribution in [0.15, 0.2) is 30.5 Å². The van der Waals surface area contributed by atoms with E-state index < -0.39 is 0 Å². The molecular weight excluding hydrogens is 200 g/mol. The third-order valence-electron chi connectivity index (χ3n) is 2.16. The van der Waals surface area contributed by atoms with Crippen molar-refractivity contribution in [1.82, 2.24) is 10.3 Å². The Morgan fingerprint density at radius 2 is 2.38 bits per heavy atom.